The van der Waals surface area contributed by atoms with Crippen LogP contribution in [0.5, 0.6) is 0 Å². The summed E-state index contributed by atoms with van der Waals surface area (Å²) in [4.78, 5) is 12.3. The molecule has 0 bridgehead atoms. The fourth-order valence-electron chi connectivity index (χ4n) is 2.18. The van der Waals surface area contributed by atoms with Gasteiger partial charge in [0, 0.05) is 23.4 Å². The molecule has 0 atom stereocenters. The van der Waals surface area contributed by atoms with E-state index in [0.717, 1.165) is 11.1 Å². The van der Waals surface area contributed by atoms with Crippen molar-refractivity contribution < 1.29 is 9.18 Å². The summed E-state index contributed by atoms with van der Waals surface area (Å²) in [6.07, 6.45) is 0. The lowest BCUT2D eigenvalue weighted by molar-refractivity contribution is 0.102. The van der Waals surface area contributed by atoms with Gasteiger partial charge in [0.25, 0.3) is 5.91 Å². The van der Waals surface area contributed by atoms with Crippen LogP contribution in [0.25, 0.3) is 0 Å². The molecule has 0 aromatic heterocycles. The minimum absolute atomic E-state index is 0.0962. The fraction of sp³-hybridized carbons (Fsp3) is 0.188. The Morgan fingerprint density at radius 1 is 1.20 bits per heavy atom. The van der Waals surface area contributed by atoms with Crippen LogP contribution in [0.15, 0.2) is 36.4 Å². The number of aryl methyl sites for hydroxylation is 2. The molecule has 2 aromatic carbocycles. The number of nitrogens with one attached hydrogen (secondary N) is 1. The average molecular weight is 272 g/mol. The SMILES string of the molecule is Cc1cccc(C)c1C(=O)Nc1ccc(F)c(CN)c1. The minimum atomic E-state index is -0.363. The Morgan fingerprint density at radius 3 is 2.45 bits per heavy atom. The number of amides is 1. The highest BCUT2D eigenvalue weighted by molar-refractivity contribution is 6.06. The van der Waals surface area contributed by atoms with E-state index in [-0.39, 0.29) is 18.3 Å². The van der Waals surface area contributed by atoms with Crippen molar-refractivity contribution in [3.05, 3.63) is 64.5 Å². The molecule has 0 heterocycles. The summed E-state index contributed by atoms with van der Waals surface area (Å²) in [6, 6.07) is 10.1. The molecule has 3 nitrogen and oxygen atoms in total. The zero-order chi connectivity index (χ0) is 14.7. The van der Waals surface area contributed by atoms with E-state index in [1.165, 1.54) is 12.1 Å². The van der Waals surface area contributed by atoms with Crippen molar-refractivity contribution >= 4 is 11.6 Å². The molecule has 0 unspecified atom stereocenters. The van der Waals surface area contributed by atoms with E-state index in [1.54, 1.807) is 6.07 Å². The summed E-state index contributed by atoms with van der Waals surface area (Å²) in [6.45, 7) is 3.87. The van der Waals surface area contributed by atoms with Gasteiger partial charge in [0.15, 0.2) is 0 Å². The zero-order valence-electron chi connectivity index (χ0n) is 11.5. The smallest absolute Gasteiger partial charge is 0.256 e. The van der Waals surface area contributed by atoms with Gasteiger partial charge in [-0.05, 0) is 43.2 Å². The van der Waals surface area contributed by atoms with Gasteiger partial charge in [0.2, 0.25) is 0 Å². The topological polar surface area (TPSA) is 55.1 Å². The van der Waals surface area contributed by atoms with Crippen molar-refractivity contribution in [1.82, 2.24) is 0 Å². The van der Waals surface area contributed by atoms with Crippen LogP contribution in [0.3, 0.4) is 0 Å². The first kappa shape index (κ1) is 14.2. The highest BCUT2D eigenvalue weighted by Gasteiger charge is 2.12. The number of carbonyl (C=O) groups is 1. The van der Waals surface area contributed by atoms with E-state index in [9.17, 15) is 9.18 Å². The summed E-state index contributed by atoms with van der Waals surface area (Å²) in [7, 11) is 0. The lowest BCUT2D eigenvalue weighted by Gasteiger charge is -2.11. The molecular formula is C16H17FN2O. The van der Waals surface area contributed by atoms with Crippen molar-refractivity contribution in [1.29, 1.82) is 0 Å². The molecule has 0 saturated heterocycles. The lowest BCUT2D eigenvalue weighted by Crippen LogP contribution is -2.15. The first-order valence-corrected chi connectivity index (χ1v) is 6.39. The molecule has 20 heavy (non-hydrogen) atoms. The van der Waals surface area contributed by atoms with Gasteiger partial charge in [0.1, 0.15) is 5.82 Å². The van der Waals surface area contributed by atoms with Crippen LogP contribution in [0.2, 0.25) is 0 Å². The molecule has 104 valence electrons. The Labute approximate surface area is 117 Å². The summed E-state index contributed by atoms with van der Waals surface area (Å²) < 4.78 is 13.4. The monoisotopic (exact) mass is 272 g/mol. The second-order valence-electron chi connectivity index (χ2n) is 4.73. The fourth-order valence-corrected chi connectivity index (χ4v) is 2.18. The first-order valence-electron chi connectivity index (χ1n) is 6.39. The van der Waals surface area contributed by atoms with Gasteiger partial charge in [-0.2, -0.15) is 0 Å². The Morgan fingerprint density at radius 2 is 1.85 bits per heavy atom. The number of hydrogen-bond donors (Lipinski definition) is 2. The molecule has 2 aromatic rings. The number of hydrogen-bond acceptors (Lipinski definition) is 2. The Balaban J connectivity index is 2.28. The summed E-state index contributed by atoms with van der Waals surface area (Å²) in [5.74, 6) is -0.562. The second-order valence-corrected chi connectivity index (χ2v) is 4.73. The number of rotatable bonds is 3. The van der Waals surface area contributed by atoms with Crippen LogP contribution in [0.4, 0.5) is 10.1 Å². The highest BCUT2D eigenvalue weighted by atomic mass is 19.1. The third-order valence-electron chi connectivity index (χ3n) is 3.23. The van der Waals surface area contributed by atoms with Crippen LogP contribution in [-0.4, -0.2) is 5.91 Å². The van der Waals surface area contributed by atoms with Gasteiger partial charge in [-0.25, -0.2) is 4.39 Å². The van der Waals surface area contributed by atoms with Crippen LogP contribution >= 0.6 is 0 Å². The van der Waals surface area contributed by atoms with Crippen LogP contribution in [0.1, 0.15) is 27.0 Å². The van der Waals surface area contributed by atoms with Crippen LogP contribution in [0, 0.1) is 19.7 Å². The van der Waals surface area contributed by atoms with Crippen molar-refractivity contribution in [2.75, 3.05) is 5.32 Å². The number of nitrogens with two attached hydrogens (primary N) is 1. The third kappa shape index (κ3) is 2.86. The standard InChI is InChI=1S/C16H17FN2O/c1-10-4-3-5-11(2)15(10)16(20)19-13-6-7-14(17)12(8-13)9-18/h3-8H,9,18H2,1-2H3,(H,19,20). The molecule has 0 saturated carbocycles. The van der Waals surface area contributed by atoms with E-state index in [1.807, 2.05) is 32.0 Å². The van der Waals surface area contributed by atoms with E-state index >= 15 is 0 Å². The second kappa shape index (κ2) is 5.84. The molecule has 0 spiro atoms. The summed E-state index contributed by atoms with van der Waals surface area (Å²) in [5.41, 5.74) is 8.83. The van der Waals surface area contributed by atoms with E-state index in [0.29, 0.717) is 16.8 Å². The maximum Gasteiger partial charge on any atom is 0.256 e. The number of anilines is 1. The van der Waals surface area contributed by atoms with E-state index < -0.39 is 0 Å². The average Bonchev–Trinajstić information content (AvgIpc) is 2.40. The third-order valence-corrected chi connectivity index (χ3v) is 3.23. The van der Waals surface area contributed by atoms with Crippen molar-refractivity contribution in [3.63, 3.8) is 0 Å². The van der Waals surface area contributed by atoms with Crippen molar-refractivity contribution in [3.8, 4) is 0 Å². The summed E-state index contributed by atoms with van der Waals surface area (Å²) >= 11 is 0. The normalized spacial score (nSPS) is 10.4. The van der Waals surface area contributed by atoms with Gasteiger partial charge < -0.3 is 11.1 Å². The van der Waals surface area contributed by atoms with Crippen molar-refractivity contribution in [2.24, 2.45) is 5.73 Å². The Bertz CT molecular complexity index is 633. The molecule has 1 amide bonds. The maximum absolute atomic E-state index is 13.4. The molecule has 0 radical (unpaired) electrons. The summed E-state index contributed by atoms with van der Waals surface area (Å²) in [5, 5.41) is 2.78. The molecule has 3 N–H and O–H groups in total. The predicted molar refractivity (Wildman–Crippen MR) is 78.2 cm³/mol. The quantitative estimate of drug-likeness (QED) is 0.901. The predicted octanol–water partition coefficient (Wildman–Crippen LogP) is 3.15. The molecule has 0 fully saturated rings. The highest BCUT2D eigenvalue weighted by Crippen LogP contribution is 2.18. The van der Waals surface area contributed by atoms with Gasteiger partial charge in [0.05, 0.1) is 0 Å². The van der Waals surface area contributed by atoms with E-state index in [2.05, 4.69) is 5.32 Å². The van der Waals surface area contributed by atoms with Crippen LogP contribution in [-0.2, 0) is 6.54 Å². The Kier molecular flexibility index (Phi) is 4.15. The van der Waals surface area contributed by atoms with Crippen LogP contribution < -0.4 is 11.1 Å². The maximum atomic E-state index is 13.4. The van der Waals surface area contributed by atoms with E-state index in [4.69, 9.17) is 5.73 Å². The molecule has 2 rings (SSSR count). The van der Waals surface area contributed by atoms with Gasteiger partial charge in [-0.3, -0.25) is 4.79 Å². The van der Waals surface area contributed by atoms with Gasteiger partial charge in [-0.15, -0.1) is 0 Å². The number of benzene rings is 2. The first-order chi connectivity index (χ1) is 9.52. The van der Waals surface area contributed by atoms with Crippen molar-refractivity contribution in [2.45, 2.75) is 20.4 Å². The largest absolute Gasteiger partial charge is 0.326 e. The molecule has 4 heteroatoms. The Hall–Kier alpha value is -2.20. The minimum Gasteiger partial charge on any atom is -0.326 e. The lowest BCUT2D eigenvalue weighted by atomic mass is 10.0. The zero-order valence-corrected chi connectivity index (χ0v) is 11.5. The molecule has 0 aliphatic heterocycles. The molecule has 0 aliphatic carbocycles. The van der Waals surface area contributed by atoms with Gasteiger partial charge >= 0.3 is 0 Å². The van der Waals surface area contributed by atoms with Gasteiger partial charge in [-0.1, -0.05) is 18.2 Å². The number of carbonyl (C=O) groups excluding carboxylic acids is 1. The molecule has 0 aliphatic rings. The number of halogens is 1. The molecular weight excluding hydrogens is 255 g/mol.